The number of amides is 2. The second-order valence-electron chi connectivity index (χ2n) is 4.03. The molecule has 0 saturated carbocycles. The molecule has 3 heteroatoms. The van der Waals surface area contributed by atoms with Crippen molar-refractivity contribution < 1.29 is 9.59 Å². The molecular formula is C13H13NO2. The van der Waals surface area contributed by atoms with Gasteiger partial charge in [0.15, 0.2) is 0 Å². The minimum Gasteiger partial charge on any atom is -0.271 e. The standard InChI is InChI=1S/C13H13NO2/c1-9-3-4-10(2)11(7-9)8-14-12(15)5-6-13(14)16/h3-7H,8H2,1-2H3. The molecule has 1 aliphatic heterocycles. The Morgan fingerprint density at radius 2 is 1.69 bits per heavy atom. The number of aryl methyl sites for hydroxylation is 2. The SMILES string of the molecule is Cc1ccc(C)c(CN2C(=O)C=CC2=O)c1. The van der Waals surface area contributed by atoms with Gasteiger partial charge in [0.2, 0.25) is 0 Å². The van der Waals surface area contributed by atoms with Gasteiger partial charge in [-0.05, 0) is 25.0 Å². The third kappa shape index (κ3) is 1.89. The molecule has 1 aromatic rings. The van der Waals surface area contributed by atoms with Crippen LogP contribution < -0.4 is 0 Å². The Labute approximate surface area is 94.4 Å². The van der Waals surface area contributed by atoms with Crippen molar-refractivity contribution in [2.24, 2.45) is 0 Å². The molecule has 2 rings (SSSR count). The number of carbonyl (C=O) groups excluding carboxylic acids is 2. The zero-order chi connectivity index (χ0) is 11.7. The predicted octanol–water partition coefficient (Wildman–Crippen LogP) is 1.73. The lowest BCUT2D eigenvalue weighted by molar-refractivity contribution is -0.137. The summed E-state index contributed by atoms with van der Waals surface area (Å²) in [5.41, 5.74) is 3.25. The molecule has 0 atom stereocenters. The average molecular weight is 215 g/mol. The molecule has 1 aromatic carbocycles. The van der Waals surface area contributed by atoms with Gasteiger partial charge >= 0.3 is 0 Å². The summed E-state index contributed by atoms with van der Waals surface area (Å²) in [5, 5.41) is 0. The van der Waals surface area contributed by atoms with Crippen LogP contribution in [0.2, 0.25) is 0 Å². The lowest BCUT2D eigenvalue weighted by Crippen LogP contribution is -2.29. The summed E-state index contributed by atoms with van der Waals surface area (Å²) in [6.45, 7) is 4.33. The highest BCUT2D eigenvalue weighted by Crippen LogP contribution is 2.15. The van der Waals surface area contributed by atoms with E-state index in [1.807, 2.05) is 32.0 Å². The molecule has 0 unspecified atom stereocenters. The highest BCUT2D eigenvalue weighted by molar-refractivity contribution is 6.12. The smallest absolute Gasteiger partial charge is 0.253 e. The molecule has 0 radical (unpaired) electrons. The first-order valence-corrected chi connectivity index (χ1v) is 5.17. The average Bonchev–Trinajstić information content (AvgIpc) is 2.55. The fourth-order valence-electron chi connectivity index (χ4n) is 1.73. The van der Waals surface area contributed by atoms with Crippen molar-refractivity contribution in [3.63, 3.8) is 0 Å². The van der Waals surface area contributed by atoms with Crippen LogP contribution in [0.5, 0.6) is 0 Å². The van der Waals surface area contributed by atoms with E-state index in [1.54, 1.807) is 0 Å². The minimum atomic E-state index is -0.231. The molecule has 0 fully saturated rings. The van der Waals surface area contributed by atoms with E-state index < -0.39 is 0 Å². The summed E-state index contributed by atoms with van der Waals surface area (Å²) in [6, 6.07) is 6.03. The van der Waals surface area contributed by atoms with E-state index in [-0.39, 0.29) is 11.8 Å². The number of hydrogen-bond donors (Lipinski definition) is 0. The highest BCUT2D eigenvalue weighted by atomic mass is 16.2. The molecule has 82 valence electrons. The summed E-state index contributed by atoms with van der Waals surface area (Å²) < 4.78 is 0. The van der Waals surface area contributed by atoms with Crippen molar-refractivity contribution in [1.29, 1.82) is 0 Å². The predicted molar refractivity (Wildman–Crippen MR) is 60.6 cm³/mol. The Balaban J connectivity index is 2.24. The van der Waals surface area contributed by atoms with Gasteiger partial charge in [0.1, 0.15) is 0 Å². The number of hydrogen-bond acceptors (Lipinski definition) is 2. The molecule has 16 heavy (non-hydrogen) atoms. The minimum absolute atomic E-state index is 0.231. The highest BCUT2D eigenvalue weighted by Gasteiger charge is 2.23. The third-order valence-corrected chi connectivity index (χ3v) is 2.73. The molecule has 2 amide bonds. The van der Waals surface area contributed by atoms with Gasteiger partial charge in [-0.3, -0.25) is 14.5 Å². The van der Waals surface area contributed by atoms with Gasteiger partial charge in [-0.2, -0.15) is 0 Å². The van der Waals surface area contributed by atoms with Crippen LogP contribution in [-0.2, 0) is 16.1 Å². The van der Waals surface area contributed by atoms with Crippen molar-refractivity contribution in [2.45, 2.75) is 20.4 Å². The largest absolute Gasteiger partial charge is 0.271 e. The zero-order valence-corrected chi connectivity index (χ0v) is 9.36. The van der Waals surface area contributed by atoms with Gasteiger partial charge in [0.05, 0.1) is 6.54 Å². The molecule has 0 N–H and O–H groups in total. The maximum atomic E-state index is 11.4. The molecule has 0 bridgehead atoms. The Kier molecular flexibility index (Phi) is 2.60. The molecule has 0 aliphatic carbocycles. The summed E-state index contributed by atoms with van der Waals surface area (Å²) >= 11 is 0. The Bertz CT molecular complexity index is 471. The molecule has 0 aromatic heterocycles. The normalized spacial score (nSPS) is 15.0. The third-order valence-electron chi connectivity index (χ3n) is 2.73. The Morgan fingerprint density at radius 1 is 1.06 bits per heavy atom. The van der Waals surface area contributed by atoms with Crippen molar-refractivity contribution >= 4 is 11.8 Å². The fraction of sp³-hybridized carbons (Fsp3) is 0.231. The van der Waals surface area contributed by atoms with Gasteiger partial charge in [-0.15, -0.1) is 0 Å². The number of benzene rings is 1. The van der Waals surface area contributed by atoms with Crippen LogP contribution in [-0.4, -0.2) is 16.7 Å². The summed E-state index contributed by atoms with van der Waals surface area (Å²) in [5.74, 6) is -0.461. The maximum Gasteiger partial charge on any atom is 0.253 e. The van der Waals surface area contributed by atoms with Crippen LogP contribution in [0.4, 0.5) is 0 Å². The van der Waals surface area contributed by atoms with E-state index >= 15 is 0 Å². The molecule has 1 heterocycles. The van der Waals surface area contributed by atoms with Gasteiger partial charge in [-0.1, -0.05) is 23.8 Å². The maximum absolute atomic E-state index is 11.4. The number of carbonyl (C=O) groups is 2. The van der Waals surface area contributed by atoms with Crippen LogP contribution in [0.1, 0.15) is 16.7 Å². The second kappa shape index (κ2) is 3.93. The molecule has 3 nitrogen and oxygen atoms in total. The van der Waals surface area contributed by atoms with Crippen LogP contribution >= 0.6 is 0 Å². The van der Waals surface area contributed by atoms with E-state index in [4.69, 9.17) is 0 Å². The topological polar surface area (TPSA) is 37.4 Å². The van der Waals surface area contributed by atoms with Crippen LogP contribution in [0.3, 0.4) is 0 Å². The van der Waals surface area contributed by atoms with Crippen molar-refractivity contribution in [3.8, 4) is 0 Å². The summed E-state index contributed by atoms with van der Waals surface area (Å²) in [4.78, 5) is 24.1. The summed E-state index contributed by atoms with van der Waals surface area (Å²) in [6.07, 6.45) is 2.63. The van der Waals surface area contributed by atoms with E-state index in [9.17, 15) is 9.59 Å². The van der Waals surface area contributed by atoms with Crippen molar-refractivity contribution in [3.05, 3.63) is 47.0 Å². The lowest BCUT2D eigenvalue weighted by Gasteiger charge is -2.15. The van der Waals surface area contributed by atoms with Crippen molar-refractivity contribution in [2.75, 3.05) is 0 Å². The Hall–Kier alpha value is -1.90. The van der Waals surface area contributed by atoms with E-state index in [1.165, 1.54) is 17.1 Å². The van der Waals surface area contributed by atoms with Crippen LogP contribution in [0.15, 0.2) is 30.4 Å². The van der Waals surface area contributed by atoms with Gasteiger partial charge in [-0.25, -0.2) is 0 Å². The quantitative estimate of drug-likeness (QED) is 0.704. The van der Waals surface area contributed by atoms with E-state index in [0.29, 0.717) is 6.54 Å². The molecule has 1 aliphatic rings. The monoisotopic (exact) mass is 215 g/mol. The second-order valence-corrected chi connectivity index (χ2v) is 4.03. The first kappa shape index (κ1) is 10.6. The first-order chi connectivity index (χ1) is 7.58. The van der Waals surface area contributed by atoms with E-state index in [0.717, 1.165) is 16.7 Å². The molecular weight excluding hydrogens is 202 g/mol. The van der Waals surface area contributed by atoms with E-state index in [2.05, 4.69) is 0 Å². The number of rotatable bonds is 2. The van der Waals surface area contributed by atoms with Crippen molar-refractivity contribution in [1.82, 2.24) is 4.90 Å². The Morgan fingerprint density at radius 3 is 2.31 bits per heavy atom. The zero-order valence-electron chi connectivity index (χ0n) is 9.36. The van der Waals surface area contributed by atoms with Gasteiger partial charge in [0, 0.05) is 12.2 Å². The molecule has 0 spiro atoms. The number of imide groups is 1. The lowest BCUT2D eigenvalue weighted by atomic mass is 10.1. The van der Waals surface area contributed by atoms with Crippen LogP contribution in [0, 0.1) is 13.8 Å². The first-order valence-electron chi connectivity index (χ1n) is 5.17. The van der Waals surface area contributed by atoms with Crippen LogP contribution in [0.25, 0.3) is 0 Å². The van der Waals surface area contributed by atoms with Gasteiger partial charge < -0.3 is 0 Å². The van der Waals surface area contributed by atoms with Gasteiger partial charge in [0.25, 0.3) is 11.8 Å². The molecule has 0 saturated heterocycles. The summed E-state index contributed by atoms with van der Waals surface area (Å²) in [7, 11) is 0. The number of nitrogens with zero attached hydrogens (tertiary/aromatic N) is 1. The fourth-order valence-corrected chi connectivity index (χ4v) is 1.73.